The minimum Gasteiger partial charge on any atom is -0.427 e. The van der Waals surface area contributed by atoms with Gasteiger partial charge in [0.1, 0.15) is 5.75 Å². The third kappa shape index (κ3) is 6.00. The summed E-state index contributed by atoms with van der Waals surface area (Å²) in [6.07, 6.45) is 27.0. The number of aromatic nitrogens is 3. The van der Waals surface area contributed by atoms with Crippen LogP contribution in [0.2, 0.25) is 0 Å². The van der Waals surface area contributed by atoms with E-state index in [9.17, 15) is 4.79 Å². The van der Waals surface area contributed by atoms with Crippen molar-refractivity contribution in [1.29, 1.82) is 0 Å². The molecular weight excluding hydrogens is 659 g/mol. The van der Waals surface area contributed by atoms with Gasteiger partial charge in [-0.2, -0.15) is 0 Å². The SMILES string of the molecule is CCC(=O)Oc1cccc(C2=C3C=CC(=N3)C(c3ccncc3)=C3C=CC(=N3)C(c3ccncc3)=C3C=CC(=N3)C(c3ccncc3)=C3C=CC2=N3)c1. The molecule has 3 aromatic heterocycles. The van der Waals surface area contributed by atoms with E-state index in [2.05, 4.69) is 15.0 Å². The van der Waals surface area contributed by atoms with Gasteiger partial charge in [-0.3, -0.25) is 19.7 Å². The van der Waals surface area contributed by atoms with E-state index in [0.29, 0.717) is 17.2 Å². The molecule has 5 aliphatic heterocycles. The molecule has 9 rings (SSSR count). The molecule has 0 spiro atoms. The fraction of sp³-hybridized carbons (Fsp3) is 0.0455. The van der Waals surface area contributed by atoms with Crippen molar-refractivity contribution >= 4 is 51.1 Å². The van der Waals surface area contributed by atoms with Crippen LogP contribution < -0.4 is 4.74 Å². The molecule has 9 nitrogen and oxygen atoms in total. The summed E-state index contributed by atoms with van der Waals surface area (Å²) in [6.45, 7) is 1.77. The monoisotopic (exact) mass is 687 g/mol. The van der Waals surface area contributed by atoms with Crippen LogP contribution in [0, 0.1) is 0 Å². The van der Waals surface area contributed by atoms with Gasteiger partial charge in [-0.25, -0.2) is 20.0 Å². The first-order valence-electron chi connectivity index (χ1n) is 17.2. The van der Waals surface area contributed by atoms with Gasteiger partial charge in [-0.05, 0) is 119 Å². The summed E-state index contributed by atoms with van der Waals surface area (Å²) in [5.74, 6) is 0.136. The zero-order valence-corrected chi connectivity index (χ0v) is 28.5. The lowest BCUT2D eigenvalue weighted by Gasteiger charge is -2.13. The Kier molecular flexibility index (Phi) is 8.05. The number of rotatable bonds is 6. The van der Waals surface area contributed by atoms with Gasteiger partial charge in [0, 0.05) is 65.9 Å². The summed E-state index contributed by atoms with van der Waals surface area (Å²) < 4.78 is 5.65. The molecule has 0 atom stereocenters. The fourth-order valence-electron chi connectivity index (χ4n) is 6.74. The Morgan fingerprint density at radius 3 is 1.19 bits per heavy atom. The maximum absolute atomic E-state index is 12.3. The number of ether oxygens (including phenoxy) is 1. The van der Waals surface area contributed by atoms with Gasteiger partial charge in [0.25, 0.3) is 0 Å². The fourth-order valence-corrected chi connectivity index (χ4v) is 6.74. The Morgan fingerprint density at radius 2 is 0.830 bits per heavy atom. The van der Waals surface area contributed by atoms with E-state index in [1.807, 2.05) is 103 Å². The van der Waals surface area contributed by atoms with Crippen molar-refractivity contribution in [3.63, 3.8) is 0 Å². The van der Waals surface area contributed by atoms with E-state index < -0.39 is 0 Å². The molecule has 0 fully saturated rings. The average Bonchev–Trinajstić information content (AvgIpc) is 4.04. The van der Waals surface area contributed by atoms with Crippen LogP contribution in [0.5, 0.6) is 5.75 Å². The Bertz CT molecular complexity index is 2560. The molecule has 53 heavy (non-hydrogen) atoms. The van der Waals surface area contributed by atoms with Gasteiger partial charge in [0.2, 0.25) is 0 Å². The van der Waals surface area contributed by atoms with E-state index in [-0.39, 0.29) is 12.4 Å². The number of aliphatic imine (C=N–C) groups is 4. The second-order valence-corrected chi connectivity index (χ2v) is 12.4. The molecule has 0 aliphatic carbocycles. The van der Waals surface area contributed by atoms with Gasteiger partial charge < -0.3 is 4.74 Å². The van der Waals surface area contributed by atoms with E-state index in [0.717, 1.165) is 78.8 Å². The first kappa shape index (κ1) is 31.7. The highest BCUT2D eigenvalue weighted by atomic mass is 16.5. The standard InChI is InChI=1S/C44H29N7O2/c1-2-40(52)53-31-5-3-4-30(26-31)44-38-12-10-36(50-38)42(28-16-22-46-23-17-28)34-8-6-32(48-34)41(27-14-20-45-21-15-27)33-7-9-35(49-33)43(29-18-24-47-25-19-29)37-11-13-39(44)51-37/h3-26H,2H2,1H3. The van der Waals surface area contributed by atoms with Crippen molar-refractivity contribution in [2.45, 2.75) is 13.3 Å². The maximum Gasteiger partial charge on any atom is 0.310 e. The molecule has 0 radical (unpaired) electrons. The van der Waals surface area contributed by atoms with Crippen LogP contribution in [-0.2, 0) is 4.79 Å². The molecule has 8 heterocycles. The van der Waals surface area contributed by atoms with Gasteiger partial charge >= 0.3 is 5.97 Å². The quantitative estimate of drug-likeness (QED) is 0.150. The third-order valence-corrected chi connectivity index (χ3v) is 9.16. The topological polar surface area (TPSA) is 114 Å². The Labute approximate surface area is 305 Å². The zero-order chi connectivity index (χ0) is 35.7. The summed E-state index contributed by atoms with van der Waals surface area (Å²) in [7, 11) is 0. The molecule has 0 saturated carbocycles. The predicted molar refractivity (Wildman–Crippen MR) is 209 cm³/mol. The van der Waals surface area contributed by atoms with Crippen LogP contribution in [-0.4, -0.2) is 43.8 Å². The smallest absolute Gasteiger partial charge is 0.310 e. The molecule has 252 valence electrons. The Balaban J connectivity index is 1.34. The van der Waals surface area contributed by atoms with Crippen LogP contribution in [0.15, 0.2) is 189 Å². The molecule has 8 bridgehead atoms. The number of hydrogen-bond acceptors (Lipinski definition) is 9. The lowest BCUT2D eigenvalue weighted by molar-refractivity contribution is -0.134. The molecule has 0 amide bonds. The summed E-state index contributed by atoms with van der Waals surface area (Å²) in [6, 6.07) is 19.3. The number of carbonyl (C=O) groups excluding carboxylic acids is 1. The van der Waals surface area contributed by atoms with Crippen molar-refractivity contribution in [3.05, 3.63) is 191 Å². The number of esters is 1. The van der Waals surface area contributed by atoms with Gasteiger partial charge in [0.15, 0.2) is 0 Å². The van der Waals surface area contributed by atoms with Crippen molar-refractivity contribution < 1.29 is 9.53 Å². The summed E-state index contributed by atoms with van der Waals surface area (Å²) in [5.41, 5.74) is 12.9. The highest BCUT2D eigenvalue weighted by molar-refractivity contribution is 6.39. The van der Waals surface area contributed by atoms with Crippen LogP contribution in [0.1, 0.15) is 35.6 Å². The van der Waals surface area contributed by atoms with Crippen LogP contribution in [0.4, 0.5) is 0 Å². The Morgan fingerprint density at radius 1 is 0.472 bits per heavy atom. The second kappa shape index (κ2) is 13.5. The molecular formula is C44H29N7O2. The average molecular weight is 688 g/mol. The number of nitrogens with zero attached hydrogens (tertiary/aromatic N) is 7. The van der Waals surface area contributed by atoms with Gasteiger partial charge in [-0.1, -0.05) is 19.1 Å². The summed E-state index contributed by atoms with van der Waals surface area (Å²) in [5, 5.41) is 0. The first-order chi connectivity index (χ1) is 26.1. The minimum absolute atomic E-state index is 0.264. The normalized spacial score (nSPS) is 17.2. The molecule has 5 aliphatic rings. The molecule has 0 unspecified atom stereocenters. The molecule has 9 heteroatoms. The van der Waals surface area contributed by atoms with Crippen molar-refractivity contribution in [2.75, 3.05) is 0 Å². The van der Waals surface area contributed by atoms with Crippen LogP contribution >= 0.6 is 0 Å². The predicted octanol–water partition coefficient (Wildman–Crippen LogP) is 8.19. The van der Waals surface area contributed by atoms with Crippen LogP contribution in [0.3, 0.4) is 0 Å². The molecule has 0 saturated heterocycles. The number of allylic oxidation sites excluding steroid dienone is 12. The van der Waals surface area contributed by atoms with Gasteiger partial charge in [0.05, 0.1) is 45.6 Å². The first-order valence-corrected chi connectivity index (χ1v) is 17.2. The molecule has 1 aromatic carbocycles. The highest BCUT2D eigenvalue weighted by Gasteiger charge is 2.27. The largest absolute Gasteiger partial charge is 0.427 e. The van der Waals surface area contributed by atoms with Crippen molar-refractivity contribution in [2.24, 2.45) is 20.0 Å². The van der Waals surface area contributed by atoms with Crippen molar-refractivity contribution in [1.82, 2.24) is 15.0 Å². The number of pyridine rings is 3. The molecule has 4 aromatic rings. The van der Waals surface area contributed by atoms with E-state index in [1.165, 1.54) is 0 Å². The zero-order valence-electron chi connectivity index (χ0n) is 28.5. The highest BCUT2D eigenvalue weighted by Crippen LogP contribution is 2.38. The lowest BCUT2D eigenvalue weighted by Crippen LogP contribution is -2.06. The van der Waals surface area contributed by atoms with Crippen molar-refractivity contribution in [3.8, 4) is 5.75 Å². The number of benzene rings is 1. The molecule has 0 N–H and O–H groups in total. The van der Waals surface area contributed by atoms with E-state index in [4.69, 9.17) is 24.7 Å². The number of carbonyl (C=O) groups is 1. The third-order valence-electron chi connectivity index (χ3n) is 9.16. The van der Waals surface area contributed by atoms with Crippen LogP contribution in [0.25, 0.3) is 22.3 Å². The lowest BCUT2D eigenvalue weighted by atomic mass is 9.98. The van der Waals surface area contributed by atoms with Gasteiger partial charge in [-0.15, -0.1) is 0 Å². The number of hydrogen-bond donors (Lipinski definition) is 0. The Hall–Kier alpha value is -7.26. The maximum atomic E-state index is 12.3. The summed E-state index contributed by atoms with van der Waals surface area (Å²) >= 11 is 0. The van der Waals surface area contributed by atoms with E-state index in [1.54, 1.807) is 50.2 Å². The number of fused-ring (bicyclic) bond motifs is 4. The minimum atomic E-state index is -0.312. The van der Waals surface area contributed by atoms with E-state index >= 15 is 0 Å². The second-order valence-electron chi connectivity index (χ2n) is 12.4. The summed E-state index contributed by atoms with van der Waals surface area (Å²) in [4.78, 5) is 46.2.